The summed E-state index contributed by atoms with van der Waals surface area (Å²) < 4.78 is 35.6. The van der Waals surface area contributed by atoms with Crippen molar-refractivity contribution in [3.8, 4) is 5.75 Å². The van der Waals surface area contributed by atoms with Crippen LogP contribution in [0.5, 0.6) is 5.75 Å². The normalized spacial score (nSPS) is 26.3. The van der Waals surface area contributed by atoms with E-state index in [0.29, 0.717) is 6.07 Å². The van der Waals surface area contributed by atoms with Crippen molar-refractivity contribution in [2.75, 3.05) is 7.11 Å². The third-order valence-electron chi connectivity index (χ3n) is 2.88. The number of carbonyl (C=O) groups excluding carboxylic acids is 1. The fourth-order valence-electron chi connectivity index (χ4n) is 1.88. The van der Waals surface area contributed by atoms with E-state index in [0.717, 1.165) is 6.07 Å². The molecule has 0 unspecified atom stereocenters. The van der Waals surface area contributed by atoms with Gasteiger partial charge in [-0.25, -0.2) is 13.6 Å². The van der Waals surface area contributed by atoms with Gasteiger partial charge in [0.25, 0.3) is 0 Å². The predicted octanol–water partition coefficient (Wildman–Crippen LogP) is 1.41. The van der Waals surface area contributed by atoms with Crippen molar-refractivity contribution >= 4 is 5.97 Å². The Balaban J connectivity index is 1.96. The molecule has 2 rings (SSSR count). The topological polar surface area (TPSA) is 55.8 Å². The molecule has 1 aliphatic carbocycles. The average Bonchev–Trinajstić information content (AvgIpc) is 2.29. The average molecular weight is 258 g/mol. The molecule has 4 nitrogen and oxygen atoms in total. The third kappa shape index (κ3) is 2.28. The van der Waals surface area contributed by atoms with E-state index in [9.17, 15) is 18.7 Å². The number of hydrogen-bond acceptors (Lipinski definition) is 4. The van der Waals surface area contributed by atoms with Crippen molar-refractivity contribution in [2.24, 2.45) is 0 Å². The standard InChI is InChI=1S/C12H12F2O4/c1-17-11(15)12(16)5-8(6-12)18-10-3-2-7(13)4-9(10)14/h2-4,8,16H,5-6H2,1H3. The largest absolute Gasteiger partial charge is 0.487 e. The highest BCUT2D eigenvalue weighted by molar-refractivity contribution is 5.80. The molecule has 0 amide bonds. The van der Waals surface area contributed by atoms with E-state index in [1.807, 2.05) is 0 Å². The third-order valence-corrected chi connectivity index (χ3v) is 2.88. The summed E-state index contributed by atoms with van der Waals surface area (Å²) in [7, 11) is 1.17. The minimum Gasteiger partial charge on any atom is -0.487 e. The van der Waals surface area contributed by atoms with E-state index in [1.54, 1.807) is 0 Å². The molecular formula is C12H12F2O4. The molecule has 0 saturated heterocycles. The lowest BCUT2D eigenvalue weighted by Crippen LogP contribution is -2.55. The molecule has 1 aromatic rings. The highest BCUT2D eigenvalue weighted by atomic mass is 19.1. The maximum Gasteiger partial charge on any atom is 0.338 e. The number of rotatable bonds is 3. The van der Waals surface area contributed by atoms with Gasteiger partial charge in [0.2, 0.25) is 0 Å². The van der Waals surface area contributed by atoms with Gasteiger partial charge in [-0.15, -0.1) is 0 Å². The van der Waals surface area contributed by atoms with Crippen molar-refractivity contribution < 1.29 is 28.2 Å². The summed E-state index contributed by atoms with van der Waals surface area (Å²) in [5.74, 6) is -2.35. The summed E-state index contributed by atoms with van der Waals surface area (Å²) in [6, 6.07) is 2.95. The van der Waals surface area contributed by atoms with Crippen molar-refractivity contribution in [3.63, 3.8) is 0 Å². The second-order valence-corrected chi connectivity index (χ2v) is 4.25. The summed E-state index contributed by atoms with van der Waals surface area (Å²) in [5, 5.41) is 9.73. The molecule has 6 heteroatoms. The second kappa shape index (κ2) is 4.53. The number of aliphatic hydroxyl groups is 1. The van der Waals surface area contributed by atoms with Crippen molar-refractivity contribution in [2.45, 2.75) is 24.5 Å². The molecule has 0 spiro atoms. The van der Waals surface area contributed by atoms with Gasteiger partial charge in [0.15, 0.2) is 17.2 Å². The molecule has 0 heterocycles. The number of carbonyl (C=O) groups is 1. The van der Waals surface area contributed by atoms with Gasteiger partial charge in [0, 0.05) is 18.9 Å². The van der Waals surface area contributed by atoms with E-state index in [-0.39, 0.29) is 18.6 Å². The van der Waals surface area contributed by atoms with Gasteiger partial charge < -0.3 is 14.6 Å². The Labute approximate surface area is 102 Å². The Kier molecular flexibility index (Phi) is 3.21. The van der Waals surface area contributed by atoms with Gasteiger partial charge in [-0.2, -0.15) is 0 Å². The van der Waals surface area contributed by atoms with Crippen LogP contribution in [0.15, 0.2) is 18.2 Å². The van der Waals surface area contributed by atoms with E-state index in [4.69, 9.17) is 4.74 Å². The van der Waals surface area contributed by atoms with Gasteiger partial charge in [0.1, 0.15) is 11.9 Å². The molecule has 1 aliphatic rings. The molecule has 0 bridgehead atoms. The van der Waals surface area contributed by atoms with Gasteiger partial charge in [-0.3, -0.25) is 0 Å². The number of ether oxygens (including phenoxy) is 2. The molecule has 0 aromatic heterocycles. The highest BCUT2D eigenvalue weighted by Gasteiger charge is 2.51. The zero-order chi connectivity index (χ0) is 13.3. The van der Waals surface area contributed by atoms with Crippen LogP contribution in [0.2, 0.25) is 0 Å². The minimum atomic E-state index is -1.56. The number of esters is 1. The molecular weight excluding hydrogens is 246 g/mol. The van der Waals surface area contributed by atoms with Crippen LogP contribution in [0.1, 0.15) is 12.8 Å². The maximum absolute atomic E-state index is 13.3. The van der Waals surface area contributed by atoms with Crippen LogP contribution in [-0.4, -0.2) is 29.9 Å². The zero-order valence-electron chi connectivity index (χ0n) is 9.65. The van der Waals surface area contributed by atoms with Crippen LogP contribution in [0.3, 0.4) is 0 Å². The Hall–Kier alpha value is -1.69. The zero-order valence-corrected chi connectivity index (χ0v) is 9.65. The Morgan fingerprint density at radius 1 is 1.44 bits per heavy atom. The lowest BCUT2D eigenvalue weighted by Gasteiger charge is -2.40. The van der Waals surface area contributed by atoms with Gasteiger partial charge in [0.05, 0.1) is 7.11 Å². The maximum atomic E-state index is 13.3. The van der Waals surface area contributed by atoms with Crippen LogP contribution in [0.25, 0.3) is 0 Å². The van der Waals surface area contributed by atoms with Gasteiger partial charge in [-0.1, -0.05) is 0 Å². The lowest BCUT2D eigenvalue weighted by atomic mass is 9.77. The number of hydrogen-bond donors (Lipinski definition) is 1. The van der Waals surface area contributed by atoms with E-state index in [1.165, 1.54) is 13.2 Å². The van der Waals surface area contributed by atoms with Crippen LogP contribution in [0.4, 0.5) is 8.78 Å². The quantitative estimate of drug-likeness (QED) is 0.833. The molecule has 1 N–H and O–H groups in total. The summed E-state index contributed by atoms with van der Waals surface area (Å²) in [6.45, 7) is 0. The first kappa shape index (κ1) is 12.8. The number of methoxy groups -OCH3 is 1. The lowest BCUT2D eigenvalue weighted by molar-refractivity contribution is -0.182. The molecule has 0 aliphatic heterocycles. The molecule has 0 radical (unpaired) electrons. The fraction of sp³-hybridized carbons (Fsp3) is 0.417. The number of halogens is 2. The Morgan fingerprint density at radius 2 is 2.11 bits per heavy atom. The van der Waals surface area contributed by atoms with Crippen molar-refractivity contribution in [3.05, 3.63) is 29.8 Å². The van der Waals surface area contributed by atoms with Crippen LogP contribution in [-0.2, 0) is 9.53 Å². The summed E-state index contributed by atoms with van der Waals surface area (Å²) in [6.07, 6.45) is -0.443. The van der Waals surface area contributed by atoms with Gasteiger partial charge >= 0.3 is 5.97 Å². The first-order valence-corrected chi connectivity index (χ1v) is 5.37. The molecule has 1 saturated carbocycles. The van der Waals surface area contributed by atoms with E-state index < -0.39 is 29.3 Å². The second-order valence-electron chi connectivity index (χ2n) is 4.25. The molecule has 1 aromatic carbocycles. The van der Waals surface area contributed by atoms with Crippen LogP contribution < -0.4 is 4.74 Å². The van der Waals surface area contributed by atoms with Crippen molar-refractivity contribution in [1.29, 1.82) is 0 Å². The number of benzene rings is 1. The summed E-state index contributed by atoms with van der Waals surface area (Å²) in [4.78, 5) is 11.2. The first-order chi connectivity index (χ1) is 8.44. The molecule has 1 fully saturated rings. The van der Waals surface area contributed by atoms with Crippen LogP contribution in [0, 0.1) is 11.6 Å². The van der Waals surface area contributed by atoms with E-state index in [2.05, 4.69) is 4.74 Å². The van der Waals surface area contributed by atoms with Crippen molar-refractivity contribution in [1.82, 2.24) is 0 Å². The van der Waals surface area contributed by atoms with Gasteiger partial charge in [-0.05, 0) is 12.1 Å². The predicted molar refractivity (Wildman–Crippen MR) is 57.0 cm³/mol. The summed E-state index contributed by atoms with van der Waals surface area (Å²) >= 11 is 0. The SMILES string of the molecule is COC(=O)C1(O)CC(Oc2ccc(F)cc2F)C1. The summed E-state index contributed by atoms with van der Waals surface area (Å²) in [5.41, 5.74) is -1.56. The molecule has 98 valence electrons. The fourth-order valence-corrected chi connectivity index (χ4v) is 1.88. The smallest absolute Gasteiger partial charge is 0.338 e. The molecule has 18 heavy (non-hydrogen) atoms. The van der Waals surface area contributed by atoms with E-state index >= 15 is 0 Å². The highest BCUT2D eigenvalue weighted by Crippen LogP contribution is 2.36. The Bertz CT molecular complexity index is 469. The monoisotopic (exact) mass is 258 g/mol. The first-order valence-electron chi connectivity index (χ1n) is 5.37. The Morgan fingerprint density at radius 3 is 2.67 bits per heavy atom. The van der Waals surface area contributed by atoms with Crippen LogP contribution >= 0.6 is 0 Å². The molecule has 0 atom stereocenters. The minimum absolute atomic E-state index is 0.0243.